The average Bonchev–Trinajstić information content (AvgIpc) is 3.46. The van der Waals surface area contributed by atoms with Crippen molar-refractivity contribution < 1.29 is 9.59 Å². The number of thioether (sulfide) groups is 1. The Morgan fingerprint density at radius 3 is 2.88 bits per heavy atom. The lowest BCUT2D eigenvalue weighted by Gasteiger charge is -2.19. The highest BCUT2D eigenvalue weighted by atomic mass is 32.2. The molecule has 8 heteroatoms. The van der Waals surface area contributed by atoms with Crippen molar-refractivity contribution in [1.29, 1.82) is 0 Å². The van der Waals surface area contributed by atoms with E-state index in [2.05, 4.69) is 23.2 Å². The number of carbonyl (C=O) groups excluding carboxylic acids is 2. The average molecular weight is 467 g/mol. The molecule has 1 atom stereocenters. The first kappa shape index (κ1) is 21.4. The van der Waals surface area contributed by atoms with Gasteiger partial charge in [-0.3, -0.25) is 9.59 Å². The fourth-order valence-corrected chi connectivity index (χ4v) is 6.60. The number of amides is 1. The fraction of sp³-hybridized carbons (Fsp3) is 0.417. The monoisotopic (exact) mass is 466 g/mol. The molecule has 1 amide bonds. The van der Waals surface area contributed by atoms with Crippen LogP contribution in [0.3, 0.4) is 0 Å². The summed E-state index contributed by atoms with van der Waals surface area (Å²) in [6.07, 6.45) is 5.20. The molecule has 6 nitrogen and oxygen atoms in total. The van der Waals surface area contributed by atoms with E-state index in [0.717, 1.165) is 39.4 Å². The van der Waals surface area contributed by atoms with E-state index in [1.165, 1.54) is 41.5 Å². The normalized spacial score (nSPS) is 17.5. The van der Waals surface area contributed by atoms with Crippen molar-refractivity contribution in [2.45, 2.75) is 44.2 Å². The summed E-state index contributed by atoms with van der Waals surface area (Å²) < 4.78 is 1.99. The van der Waals surface area contributed by atoms with Crippen molar-refractivity contribution in [2.24, 2.45) is 13.0 Å². The van der Waals surface area contributed by atoms with Gasteiger partial charge < -0.3 is 9.47 Å². The molecule has 166 valence electrons. The van der Waals surface area contributed by atoms with Crippen LogP contribution in [0.1, 0.15) is 46.1 Å². The van der Waals surface area contributed by atoms with Gasteiger partial charge in [-0.15, -0.1) is 21.5 Å². The molecule has 3 heterocycles. The molecular weight excluding hydrogens is 440 g/mol. The third-order valence-electron chi connectivity index (χ3n) is 6.63. The zero-order valence-corrected chi connectivity index (χ0v) is 20.2. The predicted octanol–water partition coefficient (Wildman–Crippen LogP) is 4.55. The number of thiophene rings is 1. The zero-order chi connectivity index (χ0) is 22.4. The Labute approximate surface area is 196 Å². The minimum Gasteiger partial charge on any atom is -0.315 e. The molecule has 32 heavy (non-hydrogen) atoms. The number of anilines is 1. The Balaban J connectivity index is 1.28. The molecule has 0 radical (unpaired) electrons. The third kappa shape index (κ3) is 3.79. The smallest absolute Gasteiger partial charge is 0.231 e. The first-order chi connectivity index (χ1) is 15.4. The molecule has 5 rings (SSSR count). The van der Waals surface area contributed by atoms with Crippen LogP contribution >= 0.6 is 23.1 Å². The van der Waals surface area contributed by atoms with Gasteiger partial charge in [0, 0.05) is 30.2 Å². The molecule has 2 aliphatic rings. The quantitative estimate of drug-likeness (QED) is 0.394. The Hall–Kier alpha value is -2.45. The van der Waals surface area contributed by atoms with E-state index in [0.29, 0.717) is 12.0 Å². The van der Waals surface area contributed by atoms with Crippen molar-refractivity contribution >= 4 is 40.5 Å². The second-order valence-corrected chi connectivity index (χ2v) is 10.7. The minimum atomic E-state index is 0.0292. The van der Waals surface area contributed by atoms with Crippen LogP contribution in [0.2, 0.25) is 0 Å². The maximum atomic E-state index is 12.8. The lowest BCUT2D eigenvalue weighted by atomic mass is 9.87. The second kappa shape index (κ2) is 8.48. The molecule has 0 saturated carbocycles. The van der Waals surface area contributed by atoms with Gasteiger partial charge in [-0.05, 0) is 60.6 Å². The highest BCUT2D eigenvalue weighted by Crippen LogP contribution is 2.38. The van der Waals surface area contributed by atoms with Gasteiger partial charge in [0.05, 0.1) is 17.1 Å². The van der Waals surface area contributed by atoms with E-state index in [1.807, 2.05) is 35.1 Å². The maximum Gasteiger partial charge on any atom is 0.231 e. The summed E-state index contributed by atoms with van der Waals surface area (Å²) in [7, 11) is 3.73. The number of ketones is 1. The first-order valence-electron chi connectivity index (χ1n) is 11.0. The fourth-order valence-electron chi connectivity index (χ4n) is 4.57. The molecule has 1 unspecified atom stereocenters. The van der Waals surface area contributed by atoms with Gasteiger partial charge in [0.25, 0.3) is 0 Å². The molecule has 0 bridgehead atoms. The summed E-state index contributed by atoms with van der Waals surface area (Å²) in [4.78, 5) is 29.0. The number of likely N-dealkylation sites (N-methyl/N-ethyl adjacent to an activating group) is 1. The predicted molar refractivity (Wildman–Crippen MR) is 129 cm³/mol. The van der Waals surface area contributed by atoms with E-state index in [4.69, 9.17) is 0 Å². The summed E-state index contributed by atoms with van der Waals surface area (Å²) >= 11 is 3.24. The highest BCUT2D eigenvalue weighted by molar-refractivity contribution is 7.99. The van der Waals surface area contributed by atoms with Crippen molar-refractivity contribution in [3.8, 4) is 10.7 Å². The van der Waals surface area contributed by atoms with Crippen molar-refractivity contribution in [3.63, 3.8) is 0 Å². The number of benzene rings is 1. The van der Waals surface area contributed by atoms with Gasteiger partial charge in [-0.25, -0.2) is 0 Å². The van der Waals surface area contributed by atoms with Crippen LogP contribution in [0, 0.1) is 5.92 Å². The molecule has 0 N–H and O–H groups in total. The van der Waals surface area contributed by atoms with Gasteiger partial charge in [-0.2, -0.15) is 0 Å². The van der Waals surface area contributed by atoms with Gasteiger partial charge >= 0.3 is 0 Å². The van der Waals surface area contributed by atoms with Crippen LogP contribution in [0.4, 0.5) is 5.69 Å². The summed E-state index contributed by atoms with van der Waals surface area (Å²) in [6, 6.07) is 7.80. The van der Waals surface area contributed by atoms with E-state index >= 15 is 0 Å². The van der Waals surface area contributed by atoms with Crippen LogP contribution in [0.15, 0.2) is 29.4 Å². The van der Waals surface area contributed by atoms with E-state index in [9.17, 15) is 9.59 Å². The summed E-state index contributed by atoms with van der Waals surface area (Å²) in [5.41, 5.74) is 3.91. The van der Waals surface area contributed by atoms with E-state index in [1.54, 1.807) is 18.0 Å². The molecule has 1 aliphatic carbocycles. The number of fused-ring (bicyclic) bond motifs is 2. The van der Waals surface area contributed by atoms with E-state index in [-0.39, 0.29) is 17.4 Å². The van der Waals surface area contributed by atoms with Crippen LogP contribution in [0.25, 0.3) is 10.7 Å². The molecule has 1 aromatic carbocycles. The molecule has 0 fully saturated rings. The third-order valence-corrected chi connectivity index (χ3v) is 8.88. The second-order valence-electron chi connectivity index (χ2n) is 8.63. The highest BCUT2D eigenvalue weighted by Gasteiger charge is 2.25. The van der Waals surface area contributed by atoms with Gasteiger partial charge in [0.1, 0.15) is 0 Å². The number of aromatic nitrogens is 3. The van der Waals surface area contributed by atoms with E-state index < -0.39 is 0 Å². The SMILES string of the molecule is CCC1CCc2sc(-c3nnc(SCC(=O)c4ccc5c(c4)CC(=O)N5C)n3C)cc2C1. The summed E-state index contributed by atoms with van der Waals surface area (Å²) in [5.74, 6) is 2.03. The van der Waals surface area contributed by atoms with Crippen molar-refractivity contribution in [2.75, 3.05) is 17.7 Å². The van der Waals surface area contributed by atoms with Crippen molar-refractivity contribution in [3.05, 3.63) is 45.8 Å². The minimum absolute atomic E-state index is 0.0292. The molecular formula is C24H26N4O2S2. The molecule has 0 spiro atoms. The topological polar surface area (TPSA) is 68.1 Å². The van der Waals surface area contributed by atoms with Crippen LogP contribution in [-0.2, 0) is 31.1 Å². The Kier molecular flexibility index (Phi) is 5.67. The Morgan fingerprint density at radius 1 is 1.22 bits per heavy atom. The number of nitrogens with zero attached hydrogens (tertiary/aromatic N) is 4. The number of aryl methyl sites for hydroxylation is 1. The van der Waals surface area contributed by atoms with Crippen LogP contribution < -0.4 is 4.90 Å². The largest absolute Gasteiger partial charge is 0.315 e. The summed E-state index contributed by atoms with van der Waals surface area (Å²) in [6.45, 7) is 2.27. The van der Waals surface area contributed by atoms with Gasteiger partial charge in [0.2, 0.25) is 5.91 Å². The number of rotatable bonds is 6. The molecule has 0 saturated heterocycles. The Morgan fingerprint density at radius 2 is 2.06 bits per heavy atom. The zero-order valence-electron chi connectivity index (χ0n) is 18.6. The number of hydrogen-bond acceptors (Lipinski definition) is 6. The standard InChI is InChI=1S/C24H26N4O2S2/c1-4-14-5-8-20-17(9-14)11-21(32-20)23-25-26-24(28(23)3)31-13-19(29)15-6-7-18-16(10-15)12-22(30)27(18)2/h6-7,10-11,14H,4-5,8-9,12-13H2,1-3H3. The first-order valence-corrected chi connectivity index (χ1v) is 12.8. The molecule has 2 aromatic heterocycles. The lowest BCUT2D eigenvalue weighted by Crippen LogP contribution is -2.20. The molecule has 3 aromatic rings. The van der Waals surface area contributed by atoms with Crippen molar-refractivity contribution in [1.82, 2.24) is 14.8 Å². The number of Topliss-reactive ketones (excluding diaryl/α,β-unsaturated/α-hetero) is 1. The van der Waals surface area contributed by atoms with Crippen LogP contribution in [-0.4, -0.2) is 39.3 Å². The molecule has 1 aliphatic heterocycles. The number of hydrogen-bond donors (Lipinski definition) is 0. The summed E-state index contributed by atoms with van der Waals surface area (Å²) in [5, 5.41) is 9.52. The van der Waals surface area contributed by atoms with Gasteiger partial charge in [0.15, 0.2) is 16.8 Å². The van der Waals surface area contributed by atoms with Gasteiger partial charge in [-0.1, -0.05) is 25.1 Å². The maximum absolute atomic E-state index is 12.8. The lowest BCUT2D eigenvalue weighted by molar-refractivity contribution is -0.117. The van der Waals surface area contributed by atoms with Crippen LogP contribution in [0.5, 0.6) is 0 Å². The Bertz CT molecular complexity index is 1210. The number of carbonyl (C=O) groups is 2.